The minimum Gasteiger partial charge on any atom is -0.462 e. The molecule has 0 aliphatic carbocycles. The van der Waals surface area contributed by atoms with E-state index < -0.39 is 35.8 Å². The largest absolute Gasteiger partial charge is 0.462 e. The summed E-state index contributed by atoms with van der Waals surface area (Å²) in [5, 5.41) is 21.9. The molecule has 4 atom stereocenters. The summed E-state index contributed by atoms with van der Waals surface area (Å²) < 4.78 is 22.8. The maximum Gasteiger partial charge on any atom is 0.338 e. The Bertz CT molecular complexity index is 1050. The summed E-state index contributed by atoms with van der Waals surface area (Å²) in [6.07, 6.45) is -4.32. The van der Waals surface area contributed by atoms with Crippen LogP contribution in [0.2, 0.25) is 0 Å². The summed E-state index contributed by atoms with van der Waals surface area (Å²) in [4.78, 5) is 17.0. The summed E-state index contributed by atoms with van der Waals surface area (Å²) in [5.74, 6) is 0.404. The van der Waals surface area contributed by atoms with E-state index in [2.05, 4.69) is 16.7 Å². The molecule has 0 radical (unpaired) electrons. The highest BCUT2D eigenvalue weighted by Crippen LogP contribution is 2.36. The van der Waals surface area contributed by atoms with E-state index in [1.165, 1.54) is 7.11 Å². The molecule has 0 amide bonds. The Hall–Kier alpha value is -2.17. The van der Waals surface area contributed by atoms with Crippen molar-refractivity contribution >= 4 is 16.7 Å². The quantitative estimate of drug-likeness (QED) is 0.640. The van der Waals surface area contributed by atoms with Crippen LogP contribution in [-0.4, -0.2) is 85.1 Å². The van der Waals surface area contributed by atoms with Gasteiger partial charge in [0.2, 0.25) is 6.29 Å². The van der Waals surface area contributed by atoms with Gasteiger partial charge >= 0.3 is 5.63 Å². The second-order valence-corrected chi connectivity index (χ2v) is 9.28. The molecule has 2 aromatic rings. The average Bonchev–Trinajstić information content (AvgIpc) is 2.79. The van der Waals surface area contributed by atoms with Gasteiger partial charge in [-0.15, -0.1) is 0 Å². The maximum atomic E-state index is 12.4. The summed E-state index contributed by atoms with van der Waals surface area (Å²) in [6, 6.07) is 5.18. The predicted molar refractivity (Wildman–Crippen MR) is 124 cm³/mol. The third-order valence-electron chi connectivity index (χ3n) is 6.79. The molecular weight excluding hydrogens is 428 g/mol. The fraction of sp³-hybridized carbons (Fsp3) is 0.625. The molecule has 0 unspecified atom stereocenters. The third-order valence-corrected chi connectivity index (χ3v) is 6.79. The summed E-state index contributed by atoms with van der Waals surface area (Å²) in [7, 11) is 1.46. The van der Waals surface area contributed by atoms with Crippen LogP contribution in [0.3, 0.4) is 0 Å². The number of hydrogen-bond donors (Lipinski definition) is 2. The first-order valence-corrected chi connectivity index (χ1v) is 11.4. The highest BCUT2D eigenvalue weighted by Gasteiger charge is 2.50. The SMILES string of the molecule is CCN1CCN(c2cc(=O)oc3c(C)c(O[C@@H]4OC(C)(C)[C@H](OC)[C@@H](O)[C@H]4O)ccc23)CC1. The highest BCUT2D eigenvalue weighted by molar-refractivity contribution is 5.93. The standard InChI is InChI=1S/C24H34N2O7/c1-6-25-9-11-26(12-10-25)16-13-18(27)32-21-14(2)17(8-7-15(16)21)31-23-20(29)19(28)22(30-5)24(3,4)33-23/h7-8,13,19-20,22-23,28-29H,6,9-12H2,1-5H3/t19-,20+,22+,23+/m0/s1. The van der Waals surface area contributed by atoms with Gasteiger partial charge in [0.05, 0.1) is 11.3 Å². The summed E-state index contributed by atoms with van der Waals surface area (Å²) in [6.45, 7) is 12.0. The zero-order valence-electron chi connectivity index (χ0n) is 19.9. The number of rotatable bonds is 5. The molecule has 1 aromatic heterocycles. The molecule has 2 fully saturated rings. The summed E-state index contributed by atoms with van der Waals surface area (Å²) >= 11 is 0. The Kier molecular flexibility index (Phi) is 6.70. The Balaban J connectivity index is 1.64. The molecule has 3 heterocycles. The summed E-state index contributed by atoms with van der Waals surface area (Å²) in [5.41, 5.74) is 0.594. The lowest BCUT2D eigenvalue weighted by Crippen LogP contribution is -2.63. The van der Waals surface area contributed by atoms with Gasteiger partial charge < -0.3 is 38.6 Å². The number of ether oxygens (including phenoxy) is 3. The van der Waals surface area contributed by atoms with E-state index in [1.807, 2.05) is 6.07 Å². The van der Waals surface area contributed by atoms with E-state index in [1.54, 1.807) is 32.9 Å². The van der Waals surface area contributed by atoms with Crippen molar-refractivity contribution in [3.8, 4) is 5.75 Å². The molecule has 2 aliphatic rings. The zero-order valence-corrected chi connectivity index (χ0v) is 19.9. The van der Waals surface area contributed by atoms with Crippen LogP contribution in [0.25, 0.3) is 11.0 Å². The van der Waals surface area contributed by atoms with Crippen molar-refractivity contribution in [3.63, 3.8) is 0 Å². The molecule has 9 nitrogen and oxygen atoms in total. The van der Waals surface area contributed by atoms with Gasteiger partial charge in [-0.05, 0) is 39.4 Å². The Labute approximate surface area is 193 Å². The molecule has 2 N–H and O–H groups in total. The number of aryl methyl sites for hydroxylation is 1. The Morgan fingerprint density at radius 1 is 1.15 bits per heavy atom. The first-order valence-electron chi connectivity index (χ1n) is 11.4. The predicted octanol–water partition coefficient (Wildman–Crippen LogP) is 1.49. The molecule has 1 aromatic carbocycles. The van der Waals surface area contributed by atoms with Gasteiger partial charge in [0.1, 0.15) is 29.6 Å². The van der Waals surface area contributed by atoms with Crippen molar-refractivity contribution in [2.24, 2.45) is 0 Å². The number of nitrogens with zero attached hydrogens (tertiary/aromatic N) is 2. The molecule has 33 heavy (non-hydrogen) atoms. The van der Waals surface area contributed by atoms with Crippen molar-refractivity contribution in [2.45, 2.75) is 57.9 Å². The number of benzene rings is 1. The molecular formula is C24H34N2O7. The first kappa shape index (κ1) is 24.0. The number of fused-ring (bicyclic) bond motifs is 1. The molecule has 0 saturated carbocycles. The third kappa shape index (κ3) is 4.48. The van der Waals surface area contributed by atoms with Gasteiger partial charge in [-0.3, -0.25) is 0 Å². The van der Waals surface area contributed by atoms with Crippen molar-refractivity contribution in [1.82, 2.24) is 4.90 Å². The van der Waals surface area contributed by atoms with Crippen LogP contribution in [0.5, 0.6) is 5.75 Å². The normalized spacial score (nSPS) is 28.3. The van der Waals surface area contributed by atoms with Crippen LogP contribution in [-0.2, 0) is 9.47 Å². The smallest absolute Gasteiger partial charge is 0.338 e. The second-order valence-electron chi connectivity index (χ2n) is 9.28. The van der Waals surface area contributed by atoms with E-state index in [9.17, 15) is 15.0 Å². The van der Waals surface area contributed by atoms with Gasteiger partial charge in [-0.1, -0.05) is 6.92 Å². The number of piperazine rings is 1. The number of hydrogen-bond acceptors (Lipinski definition) is 9. The number of methoxy groups -OCH3 is 1. The Morgan fingerprint density at radius 3 is 2.48 bits per heavy atom. The lowest BCUT2D eigenvalue weighted by atomic mass is 9.89. The van der Waals surface area contributed by atoms with E-state index in [0.29, 0.717) is 16.9 Å². The van der Waals surface area contributed by atoms with Crippen molar-refractivity contribution in [2.75, 3.05) is 44.7 Å². The fourth-order valence-corrected chi connectivity index (χ4v) is 4.85. The number of anilines is 1. The number of aliphatic hydroxyl groups is 2. The molecule has 4 rings (SSSR count). The fourth-order valence-electron chi connectivity index (χ4n) is 4.85. The van der Waals surface area contributed by atoms with E-state index in [-0.39, 0.29) is 0 Å². The van der Waals surface area contributed by atoms with Gasteiger partial charge in [-0.2, -0.15) is 0 Å². The van der Waals surface area contributed by atoms with Crippen molar-refractivity contribution in [1.29, 1.82) is 0 Å². The minimum absolute atomic E-state index is 0.404. The lowest BCUT2D eigenvalue weighted by Gasteiger charge is -2.46. The number of likely N-dealkylation sites (N-methyl/N-ethyl adjacent to an activating group) is 1. The van der Waals surface area contributed by atoms with Crippen LogP contribution in [0.1, 0.15) is 26.3 Å². The van der Waals surface area contributed by atoms with E-state index >= 15 is 0 Å². The molecule has 0 spiro atoms. The molecule has 9 heteroatoms. The van der Waals surface area contributed by atoms with Crippen molar-refractivity contribution < 1.29 is 28.8 Å². The van der Waals surface area contributed by atoms with Crippen molar-refractivity contribution in [3.05, 3.63) is 34.2 Å². The average molecular weight is 463 g/mol. The topological polar surface area (TPSA) is 105 Å². The van der Waals surface area contributed by atoms with Crippen LogP contribution < -0.4 is 15.3 Å². The van der Waals surface area contributed by atoms with Gasteiger partial charge in [0, 0.05) is 50.3 Å². The van der Waals surface area contributed by atoms with Gasteiger partial charge in [0.25, 0.3) is 0 Å². The molecule has 2 saturated heterocycles. The molecule has 2 aliphatic heterocycles. The lowest BCUT2D eigenvalue weighted by molar-refractivity contribution is -0.306. The maximum absolute atomic E-state index is 12.4. The van der Waals surface area contributed by atoms with Crippen LogP contribution in [0, 0.1) is 6.92 Å². The van der Waals surface area contributed by atoms with Crippen LogP contribution in [0.4, 0.5) is 5.69 Å². The van der Waals surface area contributed by atoms with Crippen LogP contribution >= 0.6 is 0 Å². The van der Waals surface area contributed by atoms with Gasteiger partial charge in [0.15, 0.2) is 0 Å². The Morgan fingerprint density at radius 2 is 1.85 bits per heavy atom. The monoisotopic (exact) mass is 462 g/mol. The second kappa shape index (κ2) is 9.23. The van der Waals surface area contributed by atoms with Gasteiger partial charge in [-0.25, -0.2) is 4.79 Å². The van der Waals surface area contributed by atoms with E-state index in [4.69, 9.17) is 18.6 Å². The van der Waals surface area contributed by atoms with Crippen LogP contribution in [0.15, 0.2) is 27.4 Å². The first-order chi connectivity index (χ1) is 15.7. The minimum atomic E-state index is -1.31. The molecule has 0 bridgehead atoms. The zero-order chi connectivity index (χ0) is 23.9. The van der Waals surface area contributed by atoms with E-state index in [0.717, 1.165) is 43.8 Å². The highest BCUT2D eigenvalue weighted by atomic mass is 16.7. The number of aliphatic hydroxyl groups excluding tert-OH is 2. The molecule has 182 valence electrons.